The molecule has 0 aliphatic carbocycles. The number of nitrogens with zero attached hydrogens (tertiary/aromatic N) is 1. The highest BCUT2D eigenvalue weighted by atomic mass is 19.4. The van der Waals surface area contributed by atoms with Crippen LogP contribution in [0.4, 0.5) is 18.9 Å². The number of benzene rings is 1. The summed E-state index contributed by atoms with van der Waals surface area (Å²) in [7, 11) is 0. The first-order chi connectivity index (χ1) is 12.7. The van der Waals surface area contributed by atoms with Crippen LogP contribution < -0.4 is 10.1 Å². The number of aromatic amines is 1. The number of carbonyl (C=O) groups is 1. The lowest BCUT2D eigenvalue weighted by molar-refractivity contribution is -0.140. The zero-order valence-electron chi connectivity index (χ0n) is 14.5. The van der Waals surface area contributed by atoms with E-state index in [0.29, 0.717) is 11.5 Å². The molecule has 6 nitrogen and oxygen atoms in total. The van der Waals surface area contributed by atoms with Crippen LogP contribution in [0, 0.1) is 13.8 Å². The van der Waals surface area contributed by atoms with Crippen LogP contribution in [0.2, 0.25) is 0 Å². The molecule has 0 saturated carbocycles. The van der Waals surface area contributed by atoms with E-state index in [1.807, 2.05) is 25.1 Å². The Morgan fingerprint density at radius 1 is 1.26 bits per heavy atom. The molecule has 2 heterocycles. The van der Waals surface area contributed by atoms with Crippen LogP contribution in [0.25, 0.3) is 0 Å². The Bertz CT molecular complexity index is 960. The largest absolute Gasteiger partial charge is 0.486 e. The van der Waals surface area contributed by atoms with Crippen molar-refractivity contribution in [3.63, 3.8) is 0 Å². The summed E-state index contributed by atoms with van der Waals surface area (Å²) in [6, 6.07) is 10.3. The van der Waals surface area contributed by atoms with Crippen LogP contribution >= 0.6 is 0 Å². The zero-order valence-corrected chi connectivity index (χ0v) is 14.5. The minimum Gasteiger partial charge on any atom is -0.486 e. The van der Waals surface area contributed by atoms with Gasteiger partial charge in [0, 0.05) is 0 Å². The van der Waals surface area contributed by atoms with Crippen molar-refractivity contribution in [1.82, 2.24) is 10.2 Å². The number of halogens is 3. The second kappa shape index (κ2) is 7.18. The number of rotatable bonds is 5. The summed E-state index contributed by atoms with van der Waals surface area (Å²) in [5, 5.41) is 7.60. The molecule has 9 heteroatoms. The summed E-state index contributed by atoms with van der Waals surface area (Å²) in [5.74, 6) is 0.0567. The second-order valence-electron chi connectivity index (χ2n) is 5.90. The lowest BCUT2D eigenvalue weighted by Crippen LogP contribution is -2.16. The van der Waals surface area contributed by atoms with Gasteiger partial charge in [0.1, 0.15) is 18.1 Å². The third kappa shape index (κ3) is 4.30. The maximum Gasteiger partial charge on any atom is 0.437 e. The molecular formula is C18H16F3N3O3. The first-order valence-corrected chi connectivity index (χ1v) is 7.95. The van der Waals surface area contributed by atoms with Crippen LogP contribution in [0.5, 0.6) is 5.75 Å². The number of furan rings is 1. The number of aromatic nitrogens is 2. The Morgan fingerprint density at radius 3 is 2.74 bits per heavy atom. The third-order valence-corrected chi connectivity index (χ3v) is 3.71. The van der Waals surface area contributed by atoms with E-state index in [2.05, 4.69) is 15.5 Å². The molecule has 1 amide bonds. The van der Waals surface area contributed by atoms with E-state index < -0.39 is 23.5 Å². The zero-order chi connectivity index (χ0) is 19.6. The van der Waals surface area contributed by atoms with Crippen molar-refractivity contribution in [2.45, 2.75) is 26.6 Å². The van der Waals surface area contributed by atoms with E-state index in [9.17, 15) is 18.0 Å². The first kappa shape index (κ1) is 18.6. The van der Waals surface area contributed by atoms with E-state index in [1.165, 1.54) is 19.1 Å². The number of amides is 1. The number of alkyl halides is 3. The summed E-state index contributed by atoms with van der Waals surface area (Å²) in [5.41, 5.74) is -0.502. The molecule has 2 N–H and O–H groups in total. The van der Waals surface area contributed by atoms with Gasteiger partial charge in [0.05, 0.1) is 11.4 Å². The number of anilines is 1. The van der Waals surface area contributed by atoms with Gasteiger partial charge in [-0.05, 0) is 43.7 Å². The summed E-state index contributed by atoms with van der Waals surface area (Å²) in [6.45, 7) is 3.38. The number of aryl methyl sites for hydroxylation is 2. The van der Waals surface area contributed by atoms with Crippen molar-refractivity contribution < 1.29 is 27.1 Å². The Labute approximate surface area is 152 Å². The molecule has 3 rings (SSSR count). The van der Waals surface area contributed by atoms with Gasteiger partial charge in [-0.3, -0.25) is 9.89 Å². The lowest BCUT2D eigenvalue weighted by atomic mass is 10.2. The summed E-state index contributed by atoms with van der Waals surface area (Å²) < 4.78 is 49.7. The van der Waals surface area contributed by atoms with Crippen molar-refractivity contribution >= 4 is 11.6 Å². The molecule has 0 aliphatic heterocycles. The maximum atomic E-state index is 12.9. The molecule has 0 unspecified atom stereocenters. The predicted molar refractivity (Wildman–Crippen MR) is 90.5 cm³/mol. The predicted octanol–water partition coefficient (Wildman–Crippen LogP) is 4.47. The van der Waals surface area contributed by atoms with Gasteiger partial charge in [-0.1, -0.05) is 12.1 Å². The van der Waals surface area contributed by atoms with E-state index >= 15 is 0 Å². The minimum absolute atomic E-state index is 0.0786. The third-order valence-electron chi connectivity index (χ3n) is 3.71. The fraction of sp³-hybridized carbons (Fsp3) is 0.222. The van der Waals surface area contributed by atoms with Crippen LogP contribution in [-0.2, 0) is 12.8 Å². The quantitative estimate of drug-likeness (QED) is 0.685. The fourth-order valence-electron chi connectivity index (χ4n) is 2.40. The molecule has 1 aromatic carbocycles. The normalized spacial score (nSPS) is 11.4. The molecule has 0 radical (unpaired) electrons. The van der Waals surface area contributed by atoms with Crippen molar-refractivity contribution in [3.05, 3.63) is 64.9 Å². The van der Waals surface area contributed by atoms with Gasteiger partial charge < -0.3 is 14.5 Å². The highest BCUT2D eigenvalue weighted by Gasteiger charge is 2.38. The highest BCUT2D eigenvalue weighted by molar-refractivity contribution is 6.03. The van der Waals surface area contributed by atoms with Crippen molar-refractivity contribution in [3.8, 4) is 5.75 Å². The summed E-state index contributed by atoms with van der Waals surface area (Å²) in [6.07, 6.45) is -4.69. The molecule has 0 fully saturated rings. The van der Waals surface area contributed by atoms with Gasteiger partial charge in [0.15, 0.2) is 11.5 Å². The Hall–Kier alpha value is -3.23. The standard InChI is InChI=1S/C18H16F3N3O3/c1-10-4-3-5-12(8-10)26-9-13-6-7-14(27-13)17(25)22-15-11(2)23-24-16(15)18(19,20)21/h3-8H,9H2,1-2H3,(H,22,25)(H,23,24). The minimum atomic E-state index is -4.69. The number of H-pyrrole nitrogens is 1. The van der Waals surface area contributed by atoms with Gasteiger partial charge >= 0.3 is 6.18 Å². The molecule has 142 valence electrons. The van der Waals surface area contributed by atoms with Crippen LogP contribution in [0.3, 0.4) is 0 Å². The van der Waals surface area contributed by atoms with E-state index in [1.54, 1.807) is 6.07 Å². The summed E-state index contributed by atoms with van der Waals surface area (Å²) in [4.78, 5) is 12.2. The molecule has 27 heavy (non-hydrogen) atoms. The average molecular weight is 379 g/mol. The molecule has 0 atom stereocenters. The number of carbonyl (C=O) groups excluding carboxylic acids is 1. The topological polar surface area (TPSA) is 80.1 Å². The number of hydrogen-bond donors (Lipinski definition) is 2. The molecule has 3 aromatic rings. The van der Waals surface area contributed by atoms with Crippen molar-refractivity contribution in [2.24, 2.45) is 0 Å². The van der Waals surface area contributed by atoms with Crippen LogP contribution in [0.1, 0.15) is 33.3 Å². The second-order valence-corrected chi connectivity index (χ2v) is 5.90. The maximum absolute atomic E-state index is 12.9. The highest BCUT2D eigenvalue weighted by Crippen LogP contribution is 2.34. The Balaban J connectivity index is 1.68. The molecule has 0 saturated heterocycles. The van der Waals surface area contributed by atoms with Crippen LogP contribution in [-0.4, -0.2) is 16.1 Å². The number of ether oxygens (including phenoxy) is 1. The SMILES string of the molecule is Cc1cccc(OCc2ccc(C(=O)Nc3c(C(F)(F)F)n[nH]c3C)o2)c1. The Morgan fingerprint density at radius 2 is 2.04 bits per heavy atom. The first-order valence-electron chi connectivity index (χ1n) is 7.95. The molecule has 0 aliphatic rings. The van der Waals surface area contributed by atoms with E-state index in [-0.39, 0.29) is 18.1 Å². The number of hydrogen-bond acceptors (Lipinski definition) is 4. The average Bonchev–Trinajstić information content (AvgIpc) is 3.20. The van der Waals surface area contributed by atoms with Gasteiger partial charge in [-0.25, -0.2) is 0 Å². The monoisotopic (exact) mass is 379 g/mol. The van der Waals surface area contributed by atoms with Gasteiger partial charge in [0.2, 0.25) is 0 Å². The van der Waals surface area contributed by atoms with Crippen molar-refractivity contribution in [2.75, 3.05) is 5.32 Å². The molecular weight excluding hydrogens is 363 g/mol. The smallest absolute Gasteiger partial charge is 0.437 e. The fourth-order valence-corrected chi connectivity index (χ4v) is 2.40. The van der Waals surface area contributed by atoms with Gasteiger partial charge in [0.25, 0.3) is 5.91 Å². The molecule has 2 aromatic heterocycles. The van der Waals surface area contributed by atoms with Crippen LogP contribution in [0.15, 0.2) is 40.8 Å². The van der Waals surface area contributed by atoms with Crippen molar-refractivity contribution in [1.29, 1.82) is 0 Å². The van der Waals surface area contributed by atoms with Gasteiger partial charge in [-0.15, -0.1) is 0 Å². The summed E-state index contributed by atoms with van der Waals surface area (Å²) >= 11 is 0. The lowest BCUT2D eigenvalue weighted by Gasteiger charge is -2.08. The number of nitrogens with one attached hydrogen (secondary N) is 2. The molecule has 0 bridgehead atoms. The van der Waals surface area contributed by atoms with E-state index in [4.69, 9.17) is 9.15 Å². The molecule has 0 spiro atoms. The Kier molecular flexibility index (Phi) is 4.93. The van der Waals surface area contributed by atoms with Gasteiger partial charge in [-0.2, -0.15) is 18.3 Å². The van der Waals surface area contributed by atoms with E-state index in [0.717, 1.165) is 5.56 Å².